The fourth-order valence-electron chi connectivity index (χ4n) is 2.39. The van der Waals surface area contributed by atoms with Gasteiger partial charge in [-0.15, -0.1) is 11.8 Å². The number of rotatable bonds is 6. The van der Waals surface area contributed by atoms with Crippen LogP contribution in [0.15, 0.2) is 24.3 Å². The SMILES string of the molecule is Cc1ccc(CSCC(=O)N(C)CC2CC(O)C2)cc1. The van der Waals surface area contributed by atoms with Gasteiger partial charge < -0.3 is 10.0 Å². The Morgan fingerprint density at radius 1 is 1.35 bits per heavy atom. The molecule has 1 aromatic carbocycles. The first-order chi connectivity index (χ1) is 9.54. The van der Waals surface area contributed by atoms with E-state index in [1.807, 2.05) is 7.05 Å². The topological polar surface area (TPSA) is 40.5 Å². The van der Waals surface area contributed by atoms with Crippen molar-refractivity contribution < 1.29 is 9.90 Å². The number of aliphatic hydroxyl groups excluding tert-OH is 1. The molecule has 0 heterocycles. The first-order valence-electron chi connectivity index (χ1n) is 7.10. The number of amides is 1. The van der Waals surface area contributed by atoms with Gasteiger partial charge in [0.2, 0.25) is 5.91 Å². The summed E-state index contributed by atoms with van der Waals surface area (Å²) in [7, 11) is 1.86. The largest absolute Gasteiger partial charge is 0.393 e. The summed E-state index contributed by atoms with van der Waals surface area (Å²) in [6.07, 6.45) is 1.54. The molecule has 3 nitrogen and oxygen atoms in total. The van der Waals surface area contributed by atoms with Gasteiger partial charge in [0.1, 0.15) is 0 Å². The number of benzene rings is 1. The van der Waals surface area contributed by atoms with Crippen LogP contribution in [0.5, 0.6) is 0 Å². The van der Waals surface area contributed by atoms with Crippen molar-refractivity contribution in [2.45, 2.75) is 31.6 Å². The Bertz CT molecular complexity index is 440. The van der Waals surface area contributed by atoms with Gasteiger partial charge in [0.05, 0.1) is 11.9 Å². The predicted octanol–water partition coefficient (Wildman–Crippen LogP) is 2.46. The molecule has 1 N–H and O–H groups in total. The minimum absolute atomic E-state index is 0.139. The van der Waals surface area contributed by atoms with Crippen LogP contribution in [0.25, 0.3) is 0 Å². The number of thioether (sulfide) groups is 1. The zero-order valence-electron chi connectivity index (χ0n) is 12.2. The van der Waals surface area contributed by atoms with Crippen molar-refractivity contribution in [1.82, 2.24) is 4.90 Å². The third-order valence-corrected chi connectivity index (χ3v) is 4.77. The highest BCUT2D eigenvalue weighted by molar-refractivity contribution is 7.99. The summed E-state index contributed by atoms with van der Waals surface area (Å²) in [5.74, 6) is 2.08. The van der Waals surface area contributed by atoms with Crippen LogP contribution in [-0.4, -0.2) is 41.4 Å². The molecular formula is C16H23NO2S. The van der Waals surface area contributed by atoms with Crippen molar-refractivity contribution in [3.63, 3.8) is 0 Å². The maximum atomic E-state index is 12.0. The van der Waals surface area contributed by atoms with Crippen LogP contribution in [0.4, 0.5) is 0 Å². The van der Waals surface area contributed by atoms with Crippen molar-refractivity contribution in [1.29, 1.82) is 0 Å². The quantitative estimate of drug-likeness (QED) is 0.876. The van der Waals surface area contributed by atoms with E-state index in [4.69, 9.17) is 0 Å². The average molecular weight is 293 g/mol. The van der Waals surface area contributed by atoms with E-state index in [-0.39, 0.29) is 12.0 Å². The van der Waals surface area contributed by atoms with E-state index < -0.39 is 0 Å². The summed E-state index contributed by atoms with van der Waals surface area (Å²) in [6, 6.07) is 8.44. The Balaban J connectivity index is 1.65. The van der Waals surface area contributed by atoms with Gasteiger partial charge in [0, 0.05) is 19.3 Å². The Kier molecular flexibility index (Phi) is 5.49. The second-order valence-corrected chi connectivity index (χ2v) is 6.73. The lowest BCUT2D eigenvalue weighted by Crippen LogP contribution is -2.40. The standard InChI is InChI=1S/C16H23NO2S/c1-12-3-5-13(6-4-12)10-20-11-16(19)17(2)9-14-7-15(18)8-14/h3-6,14-15,18H,7-11H2,1-2H3. The molecule has 0 aliphatic heterocycles. The molecule has 0 bridgehead atoms. The number of nitrogens with zero attached hydrogens (tertiary/aromatic N) is 1. The summed E-state index contributed by atoms with van der Waals surface area (Å²) < 4.78 is 0. The van der Waals surface area contributed by atoms with Gasteiger partial charge in [-0.05, 0) is 31.2 Å². The highest BCUT2D eigenvalue weighted by atomic mass is 32.2. The Labute approximate surface area is 125 Å². The van der Waals surface area contributed by atoms with Gasteiger partial charge in [0.25, 0.3) is 0 Å². The van der Waals surface area contributed by atoms with Crippen LogP contribution in [0.2, 0.25) is 0 Å². The van der Waals surface area contributed by atoms with Crippen molar-refractivity contribution in [3.05, 3.63) is 35.4 Å². The Morgan fingerprint density at radius 3 is 2.60 bits per heavy atom. The summed E-state index contributed by atoms with van der Waals surface area (Å²) in [6.45, 7) is 2.85. The van der Waals surface area contributed by atoms with Crippen molar-refractivity contribution in [3.8, 4) is 0 Å². The third-order valence-electron chi connectivity index (χ3n) is 3.78. The minimum Gasteiger partial charge on any atom is -0.393 e. The van der Waals surface area contributed by atoms with Gasteiger partial charge in [-0.25, -0.2) is 0 Å². The minimum atomic E-state index is -0.139. The molecule has 1 fully saturated rings. The Morgan fingerprint density at radius 2 is 2.00 bits per heavy atom. The molecular weight excluding hydrogens is 270 g/mol. The smallest absolute Gasteiger partial charge is 0.232 e. The van der Waals surface area contributed by atoms with E-state index in [1.165, 1.54) is 11.1 Å². The molecule has 0 saturated heterocycles. The molecule has 4 heteroatoms. The molecule has 0 atom stereocenters. The first-order valence-corrected chi connectivity index (χ1v) is 8.25. The molecule has 1 aliphatic rings. The predicted molar refractivity (Wildman–Crippen MR) is 83.7 cm³/mol. The van der Waals surface area contributed by atoms with E-state index >= 15 is 0 Å². The van der Waals surface area contributed by atoms with Gasteiger partial charge in [-0.1, -0.05) is 29.8 Å². The normalized spacial score (nSPS) is 21.4. The van der Waals surface area contributed by atoms with Crippen molar-refractivity contribution in [2.75, 3.05) is 19.3 Å². The molecule has 1 saturated carbocycles. The second kappa shape index (κ2) is 7.14. The summed E-state index contributed by atoms with van der Waals surface area (Å²) >= 11 is 1.66. The summed E-state index contributed by atoms with van der Waals surface area (Å²) in [5, 5.41) is 9.25. The highest BCUT2D eigenvalue weighted by Crippen LogP contribution is 2.27. The number of hydrogen-bond donors (Lipinski definition) is 1. The lowest BCUT2D eigenvalue weighted by molar-refractivity contribution is -0.128. The molecule has 0 aromatic heterocycles. The zero-order valence-corrected chi connectivity index (χ0v) is 13.0. The number of hydrogen-bond acceptors (Lipinski definition) is 3. The van der Waals surface area contributed by atoms with E-state index in [9.17, 15) is 9.90 Å². The molecule has 0 unspecified atom stereocenters. The van der Waals surface area contributed by atoms with E-state index in [0.29, 0.717) is 11.7 Å². The lowest BCUT2D eigenvalue weighted by Gasteiger charge is -2.34. The molecule has 0 spiro atoms. The van der Waals surface area contributed by atoms with Crippen LogP contribution < -0.4 is 0 Å². The van der Waals surface area contributed by atoms with Gasteiger partial charge in [-0.2, -0.15) is 0 Å². The van der Waals surface area contributed by atoms with Crippen LogP contribution in [0, 0.1) is 12.8 Å². The fourth-order valence-corrected chi connectivity index (χ4v) is 3.31. The van der Waals surface area contributed by atoms with Crippen LogP contribution >= 0.6 is 11.8 Å². The lowest BCUT2D eigenvalue weighted by atomic mass is 9.82. The highest BCUT2D eigenvalue weighted by Gasteiger charge is 2.28. The van der Waals surface area contributed by atoms with E-state index in [0.717, 1.165) is 25.1 Å². The average Bonchev–Trinajstić information content (AvgIpc) is 2.39. The third kappa shape index (κ3) is 4.53. The molecule has 1 amide bonds. The molecule has 1 aromatic rings. The molecule has 2 rings (SSSR count). The van der Waals surface area contributed by atoms with Crippen LogP contribution in [0.1, 0.15) is 24.0 Å². The van der Waals surface area contributed by atoms with Crippen molar-refractivity contribution in [2.24, 2.45) is 5.92 Å². The van der Waals surface area contributed by atoms with Gasteiger partial charge in [0.15, 0.2) is 0 Å². The van der Waals surface area contributed by atoms with Gasteiger partial charge in [-0.3, -0.25) is 4.79 Å². The van der Waals surface area contributed by atoms with Crippen LogP contribution in [-0.2, 0) is 10.5 Å². The maximum Gasteiger partial charge on any atom is 0.232 e. The number of carbonyl (C=O) groups is 1. The van der Waals surface area contributed by atoms with Gasteiger partial charge >= 0.3 is 0 Å². The monoisotopic (exact) mass is 293 g/mol. The molecule has 1 aliphatic carbocycles. The van der Waals surface area contributed by atoms with E-state index in [1.54, 1.807) is 16.7 Å². The van der Waals surface area contributed by atoms with Crippen LogP contribution in [0.3, 0.4) is 0 Å². The number of carbonyl (C=O) groups excluding carboxylic acids is 1. The molecule has 110 valence electrons. The molecule has 20 heavy (non-hydrogen) atoms. The molecule has 0 radical (unpaired) electrons. The summed E-state index contributed by atoms with van der Waals surface area (Å²) in [5.41, 5.74) is 2.52. The van der Waals surface area contributed by atoms with Crippen molar-refractivity contribution >= 4 is 17.7 Å². The second-order valence-electron chi connectivity index (χ2n) is 5.74. The fraction of sp³-hybridized carbons (Fsp3) is 0.562. The van der Waals surface area contributed by atoms with E-state index in [2.05, 4.69) is 31.2 Å². The summed E-state index contributed by atoms with van der Waals surface area (Å²) in [4.78, 5) is 13.8. The number of aliphatic hydroxyl groups is 1. The number of aryl methyl sites for hydroxylation is 1. The zero-order chi connectivity index (χ0) is 14.5. The maximum absolute atomic E-state index is 12.0. The Hall–Kier alpha value is -1.00. The first kappa shape index (κ1) is 15.4.